The van der Waals surface area contributed by atoms with Crippen LogP contribution in [-0.2, 0) is 9.53 Å². The minimum absolute atomic E-state index is 0.00825. The van der Waals surface area contributed by atoms with Crippen LogP contribution in [0.4, 0.5) is 8.78 Å². The van der Waals surface area contributed by atoms with Crippen molar-refractivity contribution in [2.75, 3.05) is 7.11 Å². The number of ether oxygens (including phenoxy) is 1. The van der Waals surface area contributed by atoms with Gasteiger partial charge in [0.1, 0.15) is 6.04 Å². The molecule has 0 unspecified atom stereocenters. The van der Waals surface area contributed by atoms with Crippen molar-refractivity contribution in [2.45, 2.75) is 19.4 Å². The molecule has 1 aromatic rings. The zero-order chi connectivity index (χ0) is 16.0. The van der Waals surface area contributed by atoms with Gasteiger partial charge in [0.25, 0.3) is 5.91 Å². The van der Waals surface area contributed by atoms with Crippen LogP contribution in [0, 0.1) is 28.9 Å². The summed E-state index contributed by atoms with van der Waals surface area (Å²) in [5.41, 5.74) is -0.520. The highest BCUT2D eigenvalue weighted by Gasteiger charge is 2.29. The molecule has 112 valence electrons. The van der Waals surface area contributed by atoms with Gasteiger partial charge in [0, 0.05) is 12.3 Å². The van der Waals surface area contributed by atoms with Gasteiger partial charge in [-0.25, -0.2) is 13.6 Å². The van der Waals surface area contributed by atoms with Gasteiger partial charge < -0.3 is 10.1 Å². The SMILES string of the molecule is COC(=O)[C@H](NC(=O)c1cccc(F)c1F)[C@H](C)CC#N. The van der Waals surface area contributed by atoms with Crippen molar-refractivity contribution in [2.24, 2.45) is 5.92 Å². The van der Waals surface area contributed by atoms with Crippen LogP contribution in [0.25, 0.3) is 0 Å². The number of esters is 1. The number of methoxy groups -OCH3 is 1. The Kier molecular flexibility index (Phi) is 5.79. The van der Waals surface area contributed by atoms with Crippen LogP contribution in [0.5, 0.6) is 0 Å². The lowest BCUT2D eigenvalue weighted by Gasteiger charge is -2.21. The standard InChI is InChI=1S/C14H14F2N2O3/c1-8(6-7-17)12(14(20)21-2)18-13(19)9-4-3-5-10(15)11(9)16/h3-5,8,12H,6H2,1-2H3,(H,18,19)/t8-,12-/m1/s1. The van der Waals surface area contributed by atoms with Crippen molar-refractivity contribution >= 4 is 11.9 Å². The molecule has 0 aliphatic rings. The Labute approximate surface area is 120 Å². The van der Waals surface area contributed by atoms with E-state index >= 15 is 0 Å². The molecule has 0 spiro atoms. The van der Waals surface area contributed by atoms with Gasteiger partial charge >= 0.3 is 5.97 Å². The molecule has 7 heteroatoms. The molecule has 1 aromatic carbocycles. The summed E-state index contributed by atoms with van der Waals surface area (Å²) >= 11 is 0. The highest BCUT2D eigenvalue weighted by molar-refractivity contribution is 5.97. The van der Waals surface area contributed by atoms with Crippen molar-refractivity contribution in [1.82, 2.24) is 5.32 Å². The maximum absolute atomic E-state index is 13.5. The predicted molar refractivity (Wildman–Crippen MR) is 69.0 cm³/mol. The first-order valence-electron chi connectivity index (χ1n) is 6.12. The van der Waals surface area contributed by atoms with E-state index in [1.807, 2.05) is 6.07 Å². The lowest BCUT2D eigenvalue weighted by atomic mass is 9.98. The lowest BCUT2D eigenvalue weighted by Crippen LogP contribution is -2.46. The molecule has 21 heavy (non-hydrogen) atoms. The van der Waals surface area contributed by atoms with Crippen molar-refractivity contribution in [3.05, 3.63) is 35.4 Å². The van der Waals surface area contributed by atoms with Crippen LogP contribution in [0.1, 0.15) is 23.7 Å². The Bertz CT molecular complexity index is 584. The Morgan fingerprint density at radius 2 is 2.10 bits per heavy atom. The molecular formula is C14H14F2N2O3. The monoisotopic (exact) mass is 296 g/mol. The van der Waals surface area contributed by atoms with Gasteiger partial charge in [0.2, 0.25) is 0 Å². The molecule has 2 atom stereocenters. The molecule has 0 saturated heterocycles. The highest BCUT2D eigenvalue weighted by atomic mass is 19.2. The smallest absolute Gasteiger partial charge is 0.328 e. The van der Waals surface area contributed by atoms with Crippen LogP contribution in [-0.4, -0.2) is 25.0 Å². The average molecular weight is 296 g/mol. The number of nitrogens with zero attached hydrogens (tertiary/aromatic N) is 1. The van der Waals surface area contributed by atoms with Crippen molar-refractivity contribution < 1.29 is 23.1 Å². The van der Waals surface area contributed by atoms with Gasteiger partial charge in [-0.1, -0.05) is 13.0 Å². The molecule has 0 aliphatic carbocycles. The van der Waals surface area contributed by atoms with E-state index in [1.165, 1.54) is 6.07 Å². The van der Waals surface area contributed by atoms with E-state index in [9.17, 15) is 18.4 Å². The maximum Gasteiger partial charge on any atom is 0.328 e. The van der Waals surface area contributed by atoms with Crippen molar-refractivity contribution in [3.63, 3.8) is 0 Å². The molecule has 1 N–H and O–H groups in total. The Morgan fingerprint density at radius 1 is 1.43 bits per heavy atom. The van der Waals surface area contributed by atoms with Crippen molar-refractivity contribution in [1.29, 1.82) is 5.26 Å². The maximum atomic E-state index is 13.5. The summed E-state index contributed by atoms with van der Waals surface area (Å²) in [6.07, 6.45) is -0.00825. The van der Waals surface area contributed by atoms with Crippen LogP contribution in [0.3, 0.4) is 0 Å². The molecule has 0 bridgehead atoms. The number of rotatable bonds is 5. The molecule has 0 aliphatic heterocycles. The third kappa shape index (κ3) is 3.99. The third-order valence-electron chi connectivity index (χ3n) is 2.92. The fraction of sp³-hybridized carbons (Fsp3) is 0.357. The van der Waals surface area contributed by atoms with Gasteiger partial charge in [0.05, 0.1) is 18.7 Å². The van der Waals surface area contributed by atoms with Gasteiger partial charge in [0.15, 0.2) is 11.6 Å². The van der Waals surface area contributed by atoms with Crippen LogP contribution in [0.15, 0.2) is 18.2 Å². The Balaban J connectivity index is 2.98. The van der Waals surface area contributed by atoms with Gasteiger partial charge in [-0.2, -0.15) is 5.26 Å². The molecule has 1 rings (SSSR count). The van der Waals surface area contributed by atoms with Gasteiger partial charge in [-0.15, -0.1) is 0 Å². The number of benzene rings is 1. The van der Waals surface area contributed by atoms with Gasteiger partial charge in [-0.05, 0) is 12.1 Å². The molecular weight excluding hydrogens is 282 g/mol. The summed E-state index contributed by atoms with van der Waals surface area (Å²) in [7, 11) is 1.13. The summed E-state index contributed by atoms with van der Waals surface area (Å²) in [6, 6.07) is 3.90. The fourth-order valence-electron chi connectivity index (χ4n) is 1.72. The Hall–Kier alpha value is -2.49. The molecule has 0 aromatic heterocycles. The second-order valence-electron chi connectivity index (χ2n) is 4.42. The molecule has 5 nitrogen and oxygen atoms in total. The summed E-state index contributed by atoms with van der Waals surface area (Å²) in [5.74, 6) is -4.72. The van der Waals surface area contributed by atoms with Crippen LogP contribution >= 0.6 is 0 Å². The van der Waals surface area contributed by atoms with Crippen molar-refractivity contribution in [3.8, 4) is 6.07 Å². The first-order valence-corrected chi connectivity index (χ1v) is 6.12. The lowest BCUT2D eigenvalue weighted by molar-refractivity contribution is -0.144. The number of hydrogen-bond donors (Lipinski definition) is 1. The van der Waals surface area contributed by atoms with E-state index in [0.29, 0.717) is 0 Å². The second kappa shape index (κ2) is 7.33. The minimum atomic E-state index is -1.30. The number of halogens is 2. The number of nitriles is 1. The second-order valence-corrected chi connectivity index (χ2v) is 4.42. The molecule has 0 heterocycles. The number of carbonyl (C=O) groups is 2. The zero-order valence-corrected chi connectivity index (χ0v) is 11.5. The number of carbonyl (C=O) groups excluding carboxylic acids is 2. The summed E-state index contributed by atoms with van der Waals surface area (Å²) in [5, 5.41) is 10.9. The number of nitrogens with one attached hydrogen (secondary N) is 1. The molecule has 0 radical (unpaired) electrons. The van der Waals surface area contributed by atoms with E-state index in [4.69, 9.17) is 5.26 Å². The van der Waals surface area contributed by atoms with E-state index < -0.39 is 41.0 Å². The minimum Gasteiger partial charge on any atom is -0.467 e. The normalized spacial score (nSPS) is 12.9. The van der Waals surface area contributed by atoms with E-state index in [1.54, 1.807) is 6.92 Å². The molecule has 0 saturated carbocycles. The molecule has 0 fully saturated rings. The quantitative estimate of drug-likeness (QED) is 0.840. The zero-order valence-electron chi connectivity index (χ0n) is 11.5. The van der Waals surface area contributed by atoms with E-state index in [0.717, 1.165) is 19.2 Å². The molecule has 1 amide bonds. The average Bonchev–Trinajstić information content (AvgIpc) is 2.46. The van der Waals surface area contributed by atoms with E-state index in [2.05, 4.69) is 10.1 Å². The third-order valence-corrected chi connectivity index (χ3v) is 2.92. The highest BCUT2D eigenvalue weighted by Crippen LogP contribution is 2.14. The van der Waals surface area contributed by atoms with Crippen LogP contribution < -0.4 is 5.32 Å². The van der Waals surface area contributed by atoms with E-state index in [-0.39, 0.29) is 6.42 Å². The number of hydrogen-bond acceptors (Lipinski definition) is 4. The first-order chi connectivity index (χ1) is 9.92. The fourth-order valence-corrected chi connectivity index (χ4v) is 1.72. The largest absolute Gasteiger partial charge is 0.467 e. The summed E-state index contributed by atoms with van der Waals surface area (Å²) < 4.78 is 31.2. The van der Waals surface area contributed by atoms with Gasteiger partial charge in [-0.3, -0.25) is 4.79 Å². The Morgan fingerprint density at radius 3 is 2.67 bits per heavy atom. The summed E-state index contributed by atoms with van der Waals surface area (Å²) in [4.78, 5) is 23.6. The number of amides is 1. The topological polar surface area (TPSA) is 79.2 Å². The predicted octanol–water partition coefficient (Wildman–Crippen LogP) is 1.79. The first kappa shape index (κ1) is 16.6. The summed E-state index contributed by atoms with van der Waals surface area (Å²) in [6.45, 7) is 1.56. The van der Waals surface area contributed by atoms with Crippen LogP contribution in [0.2, 0.25) is 0 Å².